The summed E-state index contributed by atoms with van der Waals surface area (Å²) in [5, 5.41) is 0. The molecule has 0 aliphatic heterocycles. The number of benzene rings is 3. The first-order valence-electron chi connectivity index (χ1n) is 11.9. The van der Waals surface area contributed by atoms with E-state index in [2.05, 4.69) is 0 Å². The minimum atomic E-state index is -4.53. The van der Waals surface area contributed by atoms with Gasteiger partial charge in [0.2, 0.25) is 0 Å². The Bertz CT molecular complexity index is 1720. The topological polar surface area (TPSA) is 118 Å². The van der Waals surface area contributed by atoms with Crippen LogP contribution in [-0.4, -0.2) is 57.4 Å². The van der Waals surface area contributed by atoms with Gasteiger partial charge >= 0.3 is 29.6 Å². The molecule has 1 N–H and O–H groups in total. The Morgan fingerprint density at radius 1 is 0.825 bits per heavy atom. The Morgan fingerprint density at radius 2 is 1.38 bits per heavy atom. The van der Waals surface area contributed by atoms with Gasteiger partial charge in [-0.3, -0.25) is 4.55 Å². The molecule has 3 aromatic rings. The van der Waals surface area contributed by atoms with Crippen LogP contribution >= 0.6 is 0 Å². The molecule has 8 nitrogen and oxygen atoms in total. The standard InChI is InChI=1S/C29H28N2O6S2.Na/c1-30(2)25-13-7-22(8-14-25)29(24-11-17-27(18-12-24)38(32,33)34)23-9-15-26(16-10-23)31(3)20-21-5-4-6-28(19-21)39(35,36)37;/h4-19H,20H2,1-3H3,(H-,32,33,34,35,36,37);/q;+1. The van der Waals surface area contributed by atoms with Gasteiger partial charge in [0.25, 0.3) is 10.1 Å². The quantitative estimate of drug-likeness (QED) is 0.250. The number of hydrogen-bond acceptors (Lipinski definition) is 6. The van der Waals surface area contributed by atoms with Gasteiger partial charge in [-0.25, -0.2) is 13.0 Å². The summed E-state index contributed by atoms with van der Waals surface area (Å²) in [4.78, 5) is 1.50. The van der Waals surface area contributed by atoms with Crippen LogP contribution < -0.4 is 34.5 Å². The fourth-order valence-electron chi connectivity index (χ4n) is 4.27. The second-order valence-electron chi connectivity index (χ2n) is 9.32. The summed E-state index contributed by atoms with van der Waals surface area (Å²) in [6.45, 7) is 0.391. The van der Waals surface area contributed by atoms with Crippen molar-refractivity contribution in [3.63, 3.8) is 0 Å². The molecule has 0 saturated heterocycles. The van der Waals surface area contributed by atoms with Gasteiger partial charge in [0.05, 0.1) is 9.79 Å². The Morgan fingerprint density at radius 3 is 1.88 bits per heavy atom. The van der Waals surface area contributed by atoms with Gasteiger partial charge in [0.15, 0.2) is 5.71 Å². The van der Waals surface area contributed by atoms with Crippen molar-refractivity contribution >= 4 is 37.2 Å². The van der Waals surface area contributed by atoms with Gasteiger partial charge in [-0.05, 0) is 76.4 Å². The molecule has 0 unspecified atom stereocenters. The summed E-state index contributed by atoms with van der Waals surface area (Å²) in [6.07, 6.45) is 8.00. The molecule has 1 aliphatic rings. The molecule has 0 heterocycles. The molecule has 11 heteroatoms. The third-order valence-corrected chi connectivity index (χ3v) is 8.02. The molecule has 40 heavy (non-hydrogen) atoms. The number of rotatable bonds is 7. The SMILES string of the molecule is CN(Cc1cccc(S(=O)(=O)[O-])c1)c1ccc(C(=C2C=CC(=[N+](C)C)C=C2)c2ccc(S(=O)(=O)O)cc2)cc1.[Na+]. The minimum Gasteiger partial charge on any atom is -0.744 e. The van der Waals surface area contributed by atoms with E-state index in [1.165, 1.54) is 24.3 Å². The fraction of sp³-hybridized carbons (Fsp3) is 0.138. The second-order valence-corrected chi connectivity index (χ2v) is 12.1. The summed E-state index contributed by atoms with van der Waals surface area (Å²) in [5.41, 5.74) is 6.07. The normalized spacial score (nSPS) is 13.1. The zero-order chi connectivity index (χ0) is 28.4. The van der Waals surface area contributed by atoms with Gasteiger partial charge in [0.1, 0.15) is 24.2 Å². The molecule has 0 spiro atoms. The molecular formula is C29H28N2NaO6S2+. The maximum atomic E-state index is 11.5. The average Bonchev–Trinajstić information content (AvgIpc) is 2.89. The number of allylic oxidation sites excluding steroid dienone is 5. The number of hydrogen-bond donors (Lipinski definition) is 1. The molecule has 0 radical (unpaired) electrons. The first-order chi connectivity index (χ1) is 18.3. The van der Waals surface area contributed by atoms with Crippen molar-refractivity contribution in [1.82, 2.24) is 0 Å². The first-order valence-corrected chi connectivity index (χ1v) is 14.8. The Balaban J connectivity index is 0.00000441. The van der Waals surface area contributed by atoms with E-state index in [-0.39, 0.29) is 39.3 Å². The molecule has 4 rings (SSSR count). The van der Waals surface area contributed by atoms with Gasteiger partial charge in [-0.1, -0.05) is 36.4 Å². The van der Waals surface area contributed by atoms with Gasteiger partial charge in [-0.2, -0.15) is 8.42 Å². The zero-order valence-corrected chi connectivity index (χ0v) is 26.3. The van der Waals surface area contributed by atoms with Crippen LogP contribution in [0.1, 0.15) is 16.7 Å². The Labute approximate surface area is 257 Å². The third kappa shape index (κ3) is 7.67. The van der Waals surface area contributed by atoms with Crippen molar-refractivity contribution in [1.29, 1.82) is 0 Å². The van der Waals surface area contributed by atoms with Crippen molar-refractivity contribution in [3.8, 4) is 0 Å². The predicted octanol–water partition coefficient (Wildman–Crippen LogP) is 1.12. The predicted molar refractivity (Wildman–Crippen MR) is 151 cm³/mol. The zero-order valence-electron chi connectivity index (χ0n) is 22.6. The molecule has 0 aromatic heterocycles. The Kier molecular flexibility index (Phi) is 10.1. The minimum absolute atomic E-state index is 0. The van der Waals surface area contributed by atoms with E-state index >= 15 is 0 Å². The number of anilines is 1. The van der Waals surface area contributed by atoms with Crippen LogP contribution in [-0.2, 0) is 26.8 Å². The molecule has 3 aromatic carbocycles. The van der Waals surface area contributed by atoms with Crippen LogP contribution in [0.3, 0.4) is 0 Å². The van der Waals surface area contributed by atoms with E-state index in [0.29, 0.717) is 12.1 Å². The largest absolute Gasteiger partial charge is 1.00 e. The summed E-state index contributed by atoms with van der Waals surface area (Å²) in [6, 6.07) is 19.8. The average molecular weight is 588 g/mol. The summed E-state index contributed by atoms with van der Waals surface area (Å²) >= 11 is 0. The summed E-state index contributed by atoms with van der Waals surface area (Å²) in [5.74, 6) is 0. The molecule has 202 valence electrons. The number of nitrogens with zero attached hydrogens (tertiary/aromatic N) is 2. The maximum Gasteiger partial charge on any atom is 1.00 e. The van der Waals surface area contributed by atoms with Gasteiger partial charge in [-0.15, -0.1) is 0 Å². The smallest absolute Gasteiger partial charge is 0.744 e. The maximum absolute atomic E-state index is 11.5. The van der Waals surface area contributed by atoms with Crippen LogP contribution in [0.2, 0.25) is 0 Å². The van der Waals surface area contributed by atoms with Gasteiger partial charge in [0, 0.05) is 31.4 Å². The molecule has 0 atom stereocenters. The molecule has 0 bridgehead atoms. The molecular weight excluding hydrogens is 559 g/mol. The van der Waals surface area contributed by atoms with Crippen LogP contribution in [0.4, 0.5) is 5.69 Å². The van der Waals surface area contributed by atoms with Crippen molar-refractivity contribution < 1.29 is 60.1 Å². The van der Waals surface area contributed by atoms with E-state index in [9.17, 15) is 25.9 Å². The fourth-order valence-corrected chi connectivity index (χ4v) is 5.29. The van der Waals surface area contributed by atoms with Crippen LogP contribution in [0, 0.1) is 0 Å². The summed E-state index contributed by atoms with van der Waals surface area (Å²) in [7, 11) is -3.06. The monoisotopic (exact) mass is 587 g/mol. The van der Waals surface area contributed by atoms with Crippen molar-refractivity contribution in [2.45, 2.75) is 16.3 Å². The van der Waals surface area contributed by atoms with Crippen molar-refractivity contribution in [2.24, 2.45) is 0 Å². The van der Waals surface area contributed by atoms with E-state index in [4.69, 9.17) is 0 Å². The van der Waals surface area contributed by atoms with Crippen LogP contribution in [0.5, 0.6) is 0 Å². The molecule has 0 amide bonds. The molecule has 0 saturated carbocycles. The van der Waals surface area contributed by atoms with E-state index in [1.54, 1.807) is 24.3 Å². The first kappa shape index (κ1) is 31.7. The van der Waals surface area contributed by atoms with Crippen LogP contribution in [0.15, 0.2) is 112 Å². The Hall–Kier alpha value is -2.83. The van der Waals surface area contributed by atoms with Crippen LogP contribution in [0.25, 0.3) is 5.57 Å². The van der Waals surface area contributed by atoms with Gasteiger partial charge < -0.3 is 9.45 Å². The third-order valence-electron chi connectivity index (χ3n) is 6.32. The molecule has 0 fully saturated rings. The summed E-state index contributed by atoms with van der Waals surface area (Å²) < 4.78 is 68.6. The van der Waals surface area contributed by atoms with Crippen molar-refractivity contribution in [3.05, 3.63) is 119 Å². The van der Waals surface area contributed by atoms with Crippen molar-refractivity contribution in [2.75, 3.05) is 26.0 Å². The van der Waals surface area contributed by atoms with E-state index in [0.717, 1.165) is 33.7 Å². The van der Waals surface area contributed by atoms with E-state index < -0.39 is 20.2 Å². The molecule has 1 aliphatic carbocycles. The van der Waals surface area contributed by atoms with E-state index in [1.807, 2.05) is 79.2 Å². The second kappa shape index (κ2) is 12.8.